The van der Waals surface area contributed by atoms with Gasteiger partial charge in [0.15, 0.2) is 24.8 Å². The number of nitrogens with zero attached hydrogens (tertiary/aromatic N) is 4. The van der Waals surface area contributed by atoms with E-state index in [2.05, 4.69) is 10.3 Å². The van der Waals surface area contributed by atoms with Crippen molar-refractivity contribution in [1.29, 1.82) is 0 Å². The van der Waals surface area contributed by atoms with Crippen LogP contribution in [0.5, 0.6) is 0 Å². The van der Waals surface area contributed by atoms with E-state index >= 15 is 0 Å². The van der Waals surface area contributed by atoms with Crippen LogP contribution < -0.4 is 9.46 Å². The van der Waals surface area contributed by atoms with Crippen LogP contribution in [0.3, 0.4) is 0 Å². The molecule has 2 aromatic rings. The van der Waals surface area contributed by atoms with Gasteiger partial charge in [-0.2, -0.15) is 9.46 Å². The number of rotatable bonds is 8. The molecule has 0 saturated heterocycles. The van der Waals surface area contributed by atoms with Crippen molar-refractivity contribution >= 4 is 12.4 Å². The second-order valence-electron chi connectivity index (χ2n) is 4.47. The zero-order valence-electron chi connectivity index (χ0n) is 12.3. The van der Waals surface area contributed by atoms with E-state index in [1.165, 1.54) is 37.2 Å². The van der Waals surface area contributed by atoms with Crippen molar-refractivity contribution < 1.29 is 19.1 Å². The van der Waals surface area contributed by atoms with Gasteiger partial charge in [-0.15, -0.1) is 0 Å². The van der Waals surface area contributed by atoms with Crippen molar-refractivity contribution in [3.05, 3.63) is 70.6 Å². The molecule has 0 saturated carbocycles. The molecule has 0 unspecified atom stereocenters. The van der Waals surface area contributed by atoms with E-state index in [4.69, 9.17) is 9.68 Å². The van der Waals surface area contributed by atoms with Gasteiger partial charge < -0.3 is 20.1 Å². The van der Waals surface area contributed by atoms with E-state index in [0.717, 1.165) is 11.1 Å². The summed E-state index contributed by atoms with van der Waals surface area (Å²) in [5, 5.41) is 29.2. The van der Waals surface area contributed by atoms with Gasteiger partial charge in [0.05, 0.1) is 12.4 Å². The average Bonchev–Trinajstić information content (AvgIpc) is 2.56. The van der Waals surface area contributed by atoms with Crippen molar-refractivity contribution in [3.63, 3.8) is 0 Å². The first kappa shape index (κ1) is 16.2. The third-order valence-electron chi connectivity index (χ3n) is 2.68. The van der Waals surface area contributed by atoms with Crippen LogP contribution in [0.25, 0.3) is 0 Å². The lowest BCUT2D eigenvalue weighted by atomic mass is 10.3. The Bertz CT molecular complexity index is 584. The summed E-state index contributed by atoms with van der Waals surface area (Å²) in [5.74, 6) is 0. The molecule has 8 heteroatoms. The molecule has 8 nitrogen and oxygen atoms in total. The smallest absolute Gasteiger partial charge is 0.181 e. The molecule has 0 N–H and O–H groups in total. The minimum Gasteiger partial charge on any atom is -0.619 e. The van der Waals surface area contributed by atoms with E-state index in [1.54, 1.807) is 24.3 Å². The number of pyridine rings is 2. The highest BCUT2D eigenvalue weighted by atomic mass is 16.6. The average molecular weight is 316 g/mol. The van der Waals surface area contributed by atoms with Gasteiger partial charge in [-0.1, -0.05) is 10.3 Å². The highest BCUT2D eigenvalue weighted by Crippen LogP contribution is 1.93. The first-order valence-corrected chi connectivity index (χ1v) is 6.92. The maximum Gasteiger partial charge on any atom is 0.181 e. The minimum absolute atomic E-state index is 0.391. The number of hydrogen-bond donors (Lipinski definition) is 0. The Kier molecular flexibility index (Phi) is 6.33. The van der Waals surface area contributed by atoms with Crippen LogP contribution in [-0.2, 0) is 9.68 Å². The fourth-order valence-corrected chi connectivity index (χ4v) is 1.51. The molecule has 0 atom stereocenters. The van der Waals surface area contributed by atoms with Crippen LogP contribution in [0.2, 0.25) is 0 Å². The van der Waals surface area contributed by atoms with E-state index in [1.807, 2.05) is 0 Å². The van der Waals surface area contributed by atoms with Gasteiger partial charge in [-0.3, -0.25) is 0 Å². The highest BCUT2D eigenvalue weighted by Gasteiger charge is 1.93. The molecule has 120 valence electrons. The largest absolute Gasteiger partial charge is 0.619 e. The molecule has 0 aliphatic rings. The molecule has 23 heavy (non-hydrogen) atoms. The van der Waals surface area contributed by atoms with Gasteiger partial charge >= 0.3 is 0 Å². The summed E-state index contributed by atoms with van der Waals surface area (Å²) < 4.78 is 1.40. The maximum atomic E-state index is 10.8. The second-order valence-corrected chi connectivity index (χ2v) is 4.47. The van der Waals surface area contributed by atoms with Crippen molar-refractivity contribution in [3.8, 4) is 0 Å². The molecule has 0 bridgehead atoms. The molecule has 0 amide bonds. The van der Waals surface area contributed by atoms with E-state index < -0.39 is 0 Å². The van der Waals surface area contributed by atoms with Crippen molar-refractivity contribution in [1.82, 2.24) is 0 Å². The van der Waals surface area contributed by atoms with E-state index in [0.29, 0.717) is 29.1 Å². The van der Waals surface area contributed by atoms with E-state index in [-0.39, 0.29) is 0 Å². The molecule has 0 aliphatic heterocycles. The van der Waals surface area contributed by atoms with E-state index in [9.17, 15) is 10.4 Å². The van der Waals surface area contributed by atoms with Crippen molar-refractivity contribution in [2.45, 2.75) is 6.42 Å². The van der Waals surface area contributed by atoms with Crippen LogP contribution in [0.15, 0.2) is 59.4 Å². The summed E-state index contributed by atoms with van der Waals surface area (Å²) in [7, 11) is 0. The SMILES string of the molecule is [O-][n+]1ccc(/C=N/OCCCO/N=C/c2cc[n+]([O-])cc2)cc1. The topological polar surface area (TPSA) is 97.1 Å². The molecular weight excluding hydrogens is 300 g/mol. The van der Waals surface area contributed by atoms with Gasteiger partial charge in [-0.25, -0.2) is 0 Å². The van der Waals surface area contributed by atoms with Gasteiger partial charge in [0.1, 0.15) is 13.2 Å². The monoisotopic (exact) mass is 316 g/mol. The maximum absolute atomic E-state index is 10.8. The second kappa shape index (κ2) is 8.98. The Morgan fingerprint density at radius 3 is 1.57 bits per heavy atom. The zero-order chi connectivity index (χ0) is 16.3. The summed E-state index contributed by atoms with van der Waals surface area (Å²) >= 11 is 0. The molecule has 0 aliphatic carbocycles. The lowest BCUT2D eigenvalue weighted by molar-refractivity contribution is -0.605. The summed E-state index contributed by atoms with van der Waals surface area (Å²) in [6, 6.07) is 6.54. The Hall–Kier alpha value is -3.16. The fourth-order valence-electron chi connectivity index (χ4n) is 1.51. The summed E-state index contributed by atoms with van der Waals surface area (Å²) in [6.45, 7) is 0.782. The number of aromatic nitrogens is 2. The fraction of sp³-hybridized carbons (Fsp3) is 0.200. The summed E-state index contributed by atoms with van der Waals surface area (Å²) in [5.41, 5.74) is 1.56. The van der Waals surface area contributed by atoms with Gasteiger partial charge in [0.2, 0.25) is 0 Å². The summed E-state index contributed by atoms with van der Waals surface area (Å²) in [6.07, 6.45) is 9.22. The molecule has 2 aromatic heterocycles. The normalized spacial score (nSPS) is 11.1. The Morgan fingerprint density at radius 1 is 0.783 bits per heavy atom. The number of hydrogen-bond acceptors (Lipinski definition) is 6. The van der Waals surface area contributed by atoms with Crippen molar-refractivity contribution in [2.75, 3.05) is 13.2 Å². The van der Waals surface area contributed by atoms with Gasteiger partial charge in [0, 0.05) is 41.8 Å². The first-order valence-electron chi connectivity index (χ1n) is 6.92. The molecule has 0 radical (unpaired) electrons. The van der Waals surface area contributed by atoms with Gasteiger partial charge in [-0.05, 0) is 0 Å². The van der Waals surface area contributed by atoms with Crippen LogP contribution in [0.4, 0.5) is 0 Å². The summed E-state index contributed by atoms with van der Waals surface area (Å²) in [4.78, 5) is 10.1. The molecule has 0 fully saturated rings. The predicted molar refractivity (Wildman–Crippen MR) is 82.5 cm³/mol. The lowest BCUT2D eigenvalue weighted by Crippen LogP contribution is -2.23. The zero-order valence-corrected chi connectivity index (χ0v) is 12.3. The molecule has 2 rings (SSSR count). The Morgan fingerprint density at radius 2 is 1.17 bits per heavy atom. The number of oxime groups is 2. The molecule has 0 aromatic carbocycles. The van der Waals surface area contributed by atoms with Gasteiger partial charge in [0.25, 0.3) is 0 Å². The third kappa shape index (κ3) is 6.42. The van der Waals surface area contributed by atoms with Crippen LogP contribution in [0.1, 0.15) is 17.5 Å². The molecule has 0 spiro atoms. The highest BCUT2D eigenvalue weighted by molar-refractivity contribution is 5.78. The third-order valence-corrected chi connectivity index (χ3v) is 2.68. The van der Waals surface area contributed by atoms with Crippen LogP contribution in [-0.4, -0.2) is 25.6 Å². The molecular formula is C15H16N4O4. The Balaban J connectivity index is 1.55. The Labute approximate surface area is 133 Å². The molecule has 2 heterocycles. The van der Waals surface area contributed by atoms with Crippen molar-refractivity contribution in [2.24, 2.45) is 10.3 Å². The lowest BCUT2D eigenvalue weighted by Gasteiger charge is -1.99. The first-order chi connectivity index (χ1) is 11.2. The predicted octanol–water partition coefficient (Wildman–Crippen LogP) is 0.745. The van der Waals surface area contributed by atoms with Crippen LogP contribution in [0, 0.1) is 10.4 Å². The standard InChI is InChI=1S/C15H16N4O4/c20-18-6-2-14(3-7-18)12-16-22-10-1-11-23-17-13-15-4-8-19(21)9-5-15/h2-9,12-13H,1,10-11H2/b16-12+,17-13+. The van der Waals surface area contributed by atoms with Crippen LogP contribution >= 0.6 is 0 Å². The quantitative estimate of drug-likeness (QED) is 0.236. The minimum atomic E-state index is 0.391.